The molecular formula is C13H19ClN2O3. The Kier molecular flexibility index (Phi) is 5.92. The molecule has 0 heterocycles. The lowest BCUT2D eigenvalue weighted by atomic mass is 10.1. The van der Waals surface area contributed by atoms with Crippen LogP contribution in [0.5, 0.6) is 5.75 Å². The van der Waals surface area contributed by atoms with E-state index >= 15 is 0 Å². The van der Waals surface area contributed by atoms with E-state index in [1.807, 2.05) is 13.8 Å². The molecule has 1 aromatic carbocycles. The van der Waals surface area contributed by atoms with Gasteiger partial charge in [-0.3, -0.25) is 0 Å². The number of aliphatic hydroxyl groups is 1. The van der Waals surface area contributed by atoms with Crippen molar-refractivity contribution in [2.24, 2.45) is 5.92 Å². The van der Waals surface area contributed by atoms with Gasteiger partial charge in [0.15, 0.2) is 5.75 Å². The third-order valence-corrected chi connectivity index (χ3v) is 2.96. The zero-order valence-corrected chi connectivity index (χ0v) is 12.0. The number of urea groups is 1. The summed E-state index contributed by atoms with van der Waals surface area (Å²) in [7, 11) is 1.48. The van der Waals surface area contributed by atoms with Gasteiger partial charge in [0.05, 0.1) is 23.9 Å². The van der Waals surface area contributed by atoms with E-state index in [0.29, 0.717) is 16.5 Å². The lowest BCUT2D eigenvalue weighted by molar-refractivity contribution is 0.126. The minimum atomic E-state index is -0.577. The van der Waals surface area contributed by atoms with Gasteiger partial charge in [0, 0.05) is 6.54 Å². The fourth-order valence-corrected chi connectivity index (χ4v) is 1.67. The van der Waals surface area contributed by atoms with Crippen molar-refractivity contribution in [3.05, 3.63) is 23.2 Å². The molecule has 1 rings (SSSR count). The van der Waals surface area contributed by atoms with Crippen molar-refractivity contribution in [3.63, 3.8) is 0 Å². The highest BCUT2D eigenvalue weighted by atomic mass is 35.5. The standard InChI is InChI=1S/C13H19ClN2O3/c1-8(2)11(17)7-15-13(18)16-10-6-4-5-9(14)12(10)19-3/h4-6,8,11,17H,7H2,1-3H3,(H2,15,16,18)/t11-/m0/s1. The van der Waals surface area contributed by atoms with E-state index < -0.39 is 12.1 Å². The number of carbonyl (C=O) groups excluding carboxylic acids is 1. The summed E-state index contributed by atoms with van der Waals surface area (Å²) in [6.07, 6.45) is -0.577. The number of hydrogen-bond donors (Lipinski definition) is 3. The second-order valence-corrected chi connectivity index (χ2v) is 4.87. The Morgan fingerprint density at radius 1 is 1.47 bits per heavy atom. The highest BCUT2D eigenvalue weighted by molar-refractivity contribution is 6.32. The van der Waals surface area contributed by atoms with Crippen LogP contribution >= 0.6 is 11.6 Å². The maximum atomic E-state index is 11.7. The van der Waals surface area contributed by atoms with Crippen molar-refractivity contribution < 1.29 is 14.6 Å². The number of para-hydroxylation sites is 1. The first-order valence-electron chi connectivity index (χ1n) is 6.01. The number of aliphatic hydroxyl groups excluding tert-OH is 1. The van der Waals surface area contributed by atoms with Crippen molar-refractivity contribution in [3.8, 4) is 5.75 Å². The first-order chi connectivity index (χ1) is 8.95. The van der Waals surface area contributed by atoms with Crippen LogP contribution in [0, 0.1) is 5.92 Å². The number of benzene rings is 1. The van der Waals surface area contributed by atoms with Crippen LogP contribution in [0.25, 0.3) is 0 Å². The maximum absolute atomic E-state index is 11.7. The molecule has 0 aliphatic carbocycles. The second-order valence-electron chi connectivity index (χ2n) is 4.47. The van der Waals surface area contributed by atoms with Crippen LogP contribution in [0.3, 0.4) is 0 Å². The van der Waals surface area contributed by atoms with Crippen molar-refractivity contribution in [1.82, 2.24) is 5.32 Å². The summed E-state index contributed by atoms with van der Waals surface area (Å²) in [5, 5.41) is 15.2. The average Bonchev–Trinajstić information content (AvgIpc) is 2.36. The van der Waals surface area contributed by atoms with Crippen LogP contribution in [0.1, 0.15) is 13.8 Å². The molecule has 106 valence electrons. The van der Waals surface area contributed by atoms with E-state index in [4.69, 9.17) is 16.3 Å². The number of carbonyl (C=O) groups is 1. The van der Waals surface area contributed by atoms with Gasteiger partial charge in [-0.05, 0) is 18.1 Å². The Hall–Kier alpha value is -1.46. The predicted octanol–water partition coefficient (Wildman–Crippen LogP) is 2.49. The van der Waals surface area contributed by atoms with Gasteiger partial charge in [-0.25, -0.2) is 4.79 Å². The van der Waals surface area contributed by atoms with E-state index in [-0.39, 0.29) is 12.5 Å². The first kappa shape index (κ1) is 15.6. The van der Waals surface area contributed by atoms with Crippen LogP contribution in [0.4, 0.5) is 10.5 Å². The number of halogens is 1. The van der Waals surface area contributed by atoms with Gasteiger partial charge in [0.2, 0.25) is 0 Å². The molecule has 0 fully saturated rings. The molecular weight excluding hydrogens is 268 g/mol. The molecule has 0 bridgehead atoms. The van der Waals surface area contributed by atoms with Crippen LogP contribution in [-0.2, 0) is 0 Å². The number of ether oxygens (including phenoxy) is 1. The lowest BCUT2D eigenvalue weighted by Crippen LogP contribution is -2.37. The quantitative estimate of drug-likeness (QED) is 0.779. The van der Waals surface area contributed by atoms with Crippen LogP contribution in [-0.4, -0.2) is 30.9 Å². The van der Waals surface area contributed by atoms with Crippen molar-refractivity contribution >= 4 is 23.3 Å². The SMILES string of the molecule is COc1c(Cl)cccc1NC(=O)NC[C@H](O)C(C)C. The molecule has 6 heteroatoms. The van der Waals surface area contributed by atoms with Crippen molar-refractivity contribution in [2.75, 3.05) is 19.0 Å². The predicted molar refractivity (Wildman–Crippen MR) is 75.9 cm³/mol. The van der Waals surface area contributed by atoms with Gasteiger partial charge in [0.1, 0.15) is 0 Å². The van der Waals surface area contributed by atoms with Crippen LogP contribution in [0.15, 0.2) is 18.2 Å². The fraction of sp³-hybridized carbons (Fsp3) is 0.462. The first-order valence-corrected chi connectivity index (χ1v) is 6.39. The summed E-state index contributed by atoms with van der Waals surface area (Å²) in [5.74, 6) is 0.490. The summed E-state index contributed by atoms with van der Waals surface area (Å²) in [6, 6.07) is 4.65. The van der Waals surface area contributed by atoms with Crippen molar-refractivity contribution in [2.45, 2.75) is 20.0 Å². The average molecular weight is 287 g/mol. The molecule has 0 aromatic heterocycles. The monoisotopic (exact) mass is 286 g/mol. The normalized spacial score (nSPS) is 12.1. The molecule has 5 nitrogen and oxygen atoms in total. The second kappa shape index (κ2) is 7.21. The number of amides is 2. The largest absolute Gasteiger partial charge is 0.493 e. The summed E-state index contributed by atoms with van der Waals surface area (Å²) in [6.45, 7) is 3.95. The molecule has 0 aliphatic heterocycles. The number of hydrogen-bond acceptors (Lipinski definition) is 3. The summed E-state index contributed by atoms with van der Waals surface area (Å²) < 4.78 is 5.12. The van der Waals surface area contributed by atoms with Gasteiger partial charge in [-0.2, -0.15) is 0 Å². The van der Waals surface area contributed by atoms with Crippen molar-refractivity contribution in [1.29, 1.82) is 0 Å². The Labute approximate surface area is 117 Å². The molecule has 0 spiro atoms. The maximum Gasteiger partial charge on any atom is 0.319 e. The Morgan fingerprint density at radius 2 is 2.16 bits per heavy atom. The smallest absolute Gasteiger partial charge is 0.319 e. The highest BCUT2D eigenvalue weighted by Gasteiger charge is 2.13. The number of nitrogens with one attached hydrogen (secondary N) is 2. The van der Waals surface area contributed by atoms with Gasteiger partial charge in [-0.1, -0.05) is 31.5 Å². The topological polar surface area (TPSA) is 70.6 Å². The summed E-state index contributed by atoms with van der Waals surface area (Å²) in [5.41, 5.74) is 0.478. The van der Waals surface area contributed by atoms with Crippen LogP contribution < -0.4 is 15.4 Å². The lowest BCUT2D eigenvalue weighted by Gasteiger charge is -2.16. The van der Waals surface area contributed by atoms with E-state index in [2.05, 4.69) is 10.6 Å². The fourth-order valence-electron chi connectivity index (χ4n) is 1.41. The van der Waals surface area contributed by atoms with Gasteiger partial charge in [0.25, 0.3) is 0 Å². The third-order valence-electron chi connectivity index (χ3n) is 2.66. The molecule has 1 atom stereocenters. The molecule has 0 unspecified atom stereocenters. The van der Waals surface area contributed by atoms with E-state index in [0.717, 1.165) is 0 Å². The molecule has 1 aromatic rings. The Balaban J connectivity index is 2.60. The molecule has 0 saturated heterocycles. The number of methoxy groups -OCH3 is 1. The van der Waals surface area contributed by atoms with Gasteiger partial charge >= 0.3 is 6.03 Å². The van der Waals surface area contributed by atoms with E-state index in [1.54, 1.807) is 18.2 Å². The molecule has 2 amide bonds. The molecule has 0 aliphatic rings. The summed E-state index contributed by atoms with van der Waals surface area (Å²) in [4.78, 5) is 11.7. The van der Waals surface area contributed by atoms with Crippen LogP contribution in [0.2, 0.25) is 5.02 Å². The molecule has 3 N–H and O–H groups in total. The molecule has 19 heavy (non-hydrogen) atoms. The zero-order chi connectivity index (χ0) is 14.4. The minimum absolute atomic E-state index is 0.0843. The van der Waals surface area contributed by atoms with Gasteiger partial charge in [-0.15, -0.1) is 0 Å². The van der Waals surface area contributed by atoms with Gasteiger partial charge < -0.3 is 20.5 Å². The van der Waals surface area contributed by atoms with E-state index in [9.17, 15) is 9.90 Å². The highest BCUT2D eigenvalue weighted by Crippen LogP contribution is 2.32. The Bertz CT molecular complexity index is 438. The zero-order valence-electron chi connectivity index (χ0n) is 11.2. The third kappa shape index (κ3) is 4.61. The number of anilines is 1. The van der Waals surface area contributed by atoms with E-state index in [1.165, 1.54) is 7.11 Å². The Morgan fingerprint density at radius 3 is 2.74 bits per heavy atom. The minimum Gasteiger partial charge on any atom is -0.493 e. The summed E-state index contributed by atoms with van der Waals surface area (Å²) >= 11 is 5.95. The molecule has 0 saturated carbocycles. The molecule has 0 radical (unpaired) electrons. The number of rotatable bonds is 5.